The maximum absolute atomic E-state index is 12.4. The van der Waals surface area contributed by atoms with Gasteiger partial charge in [-0.15, -0.1) is 6.58 Å². The van der Waals surface area contributed by atoms with Crippen molar-refractivity contribution in [3.63, 3.8) is 0 Å². The van der Waals surface area contributed by atoms with Crippen molar-refractivity contribution in [3.05, 3.63) is 73.3 Å². The lowest BCUT2D eigenvalue weighted by atomic mass is 9.87. The molecule has 2 aliphatic heterocycles. The first-order valence-electron chi connectivity index (χ1n) is 16.0. The van der Waals surface area contributed by atoms with Crippen LogP contribution in [-0.2, 0) is 23.4 Å². The average Bonchev–Trinajstić information content (AvgIpc) is 2.98. The highest BCUT2D eigenvalue weighted by Crippen LogP contribution is 2.40. The molecule has 2 aromatic carbocycles. The summed E-state index contributed by atoms with van der Waals surface area (Å²) >= 11 is 0. The molecule has 2 saturated heterocycles. The van der Waals surface area contributed by atoms with Crippen molar-refractivity contribution in [3.8, 4) is 0 Å². The van der Waals surface area contributed by atoms with E-state index in [0.717, 1.165) is 19.3 Å². The molecule has 43 heavy (non-hydrogen) atoms. The largest absolute Gasteiger partial charge is 0.469 e. The van der Waals surface area contributed by atoms with Crippen molar-refractivity contribution in [2.75, 3.05) is 7.11 Å². The summed E-state index contributed by atoms with van der Waals surface area (Å²) in [7, 11) is -1.40. The third-order valence-corrected chi connectivity index (χ3v) is 14.3. The van der Waals surface area contributed by atoms with Gasteiger partial charge in [-0.2, -0.15) is 0 Å². The molecule has 0 unspecified atom stereocenters. The van der Waals surface area contributed by atoms with Crippen LogP contribution in [0.25, 0.3) is 0 Å². The fourth-order valence-corrected chi connectivity index (χ4v) is 11.8. The molecule has 2 aromatic rings. The van der Waals surface area contributed by atoms with Crippen molar-refractivity contribution >= 4 is 24.7 Å². The van der Waals surface area contributed by atoms with Crippen LogP contribution in [-0.4, -0.2) is 63.1 Å². The molecular weight excluding hydrogens is 556 g/mol. The number of methoxy groups -OCH3 is 1. The van der Waals surface area contributed by atoms with Crippen LogP contribution in [0.1, 0.15) is 79.1 Å². The number of carbonyl (C=O) groups is 1. The van der Waals surface area contributed by atoms with Crippen LogP contribution in [0.2, 0.25) is 5.04 Å². The first-order chi connectivity index (χ1) is 20.6. The van der Waals surface area contributed by atoms with Crippen LogP contribution in [0.3, 0.4) is 0 Å². The van der Waals surface area contributed by atoms with E-state index in [1.165, 1.54) is 17.5 Å². The van der Waals surface area contributed by atoms with Gasteiger partial charge in [0, 0.05) is 0 Å². The minimum atomic E-state index is -2.81. The Kier molecular flexibility index (Phi) is 11.8. The molecule has 7 heteroatoms. The highest BCUT2D eigenvalue weighted by molar-refractivity contribution is 6.99. The fourth-order valence-electron chi connectivity index (χ4n) is 7.05. The van der Waals surface area contributed by atoms with Crippen molar-refractivity contribution < 1.29 is 28.5 Å². The molecule has 7 atom stereocenters. The van der Waals surface area contributed by atoms with Gasteiger partial charge in [-0.3, -0.25) is 4.79 Å². The molecular formula is C36H52O6Si. The molecule has 0 aromatic heterocycles. The summed E-state index contributed by atoms with van der Waals surface area (Å²) in [6.07, 6.45) is 6.18. The standard InChI is InChI=1S/C36H52O6Si/c1-7-14-28-20-19-26(2)34(41-28)22-27(37)21-29-23-31(24-30(40-29)25-35(38)39-6)42-43(36(3,4)5,32-15-10-8-11-16-32)33-17-12-9-13-18-33/h7-13,15-18,26-31,34,37H,1,14,19-25H2,2-6H3/t26-,27-,28+,29+,30+,31+,34+/m0/s1. The Bertz CT molecular complexity index is 1110. The van der Waals surface area contributed by atoms with E-state index in [9.17, 15) is 9.90 Å². The van der Waals surface area contributed by atoms with Crippen LogP contribution >= 0.6 is 0 Å². The number of benzene rings is 2. The topological polar surface area (TPSA) is 74.2 Å². The van der Waals surface area contributed by atoms with Crippen molar-refractivity contribution in [1.82, 2.24) is 0 Å². The van der Waals surface area contributed by atoms with E-state index < -0.39 is 14.4 Å². The van der Waals surface area contributed by atoms with E-state index in [0.29, 0.717) is 31.6 Å². The lowest BCUT2D eigenvalue weighted by Crippen LogP contribution is -2.68. The minimum Gasteiger partial charge on any atom is -0.469 e. The number of carbonyl (C=O) groups excluding carboxylic acids is 1. The maximum atomic E-state index is 12.4. The van der Waals surface area contributed by atoms with E-state index >= 15 is 0 Å². The zero-order valence-electron chi connectivity index (χ0n) is 26.7. The zero-order chi connectivity index (χ0) is 31.0. The van der Waals surface area contributed by atoms with Crippen LogP contribution < -0.4 is 10.4 Å². The minimum absolute atomic E-state index is 0.00677. The molecule has 236 valence electrons. The van der Waals surface area contributed by atoms with E-state index in [2.05, 4.69) is 82.8 Å². The highest BCUT2D eigenvalue weighted by Gasteiger charge is 2.52. The SMILES string of the molecule is C=CC[C@@H]1CC[C@H](C)[C@@H](C[C@@H](O)C[C@@H]2C[C@@H](O[Si](c3ccccc3)(c3ccccc3)C(C)(C)C)C[C@H](CC(=O)OC)O2)O1. The van der Waals surface area contributed by atoms with Crippen LogP contribution in [0.4, 0.5) is 0 Å². The summed E-state index contributed by atoms with van der Waals surface area (Å²) < 4.78 is 25.3. The van der Waals surface area contributed by atoms with Gasteiger partial charge in [-0.05, 0) is 66.3 Å². The summed E-state index contributed by atoms with van der Waals surface area (Å²) in [6.45, 7) is 12.9. The normalized spacial score (nSPS) is 27.3. The van der Waals surface area contributed by atoms with Crippen LogP contribution in [0, 0.1) is 5.92 Å². The zero-order valence-corrected chi connectivity index (χ0v) is 27.7. The van der Waals surface area contributed by atoms with Gasteiger partial charge < -0.3 is 23.7 Å². The molecule has 1 N–H and O–H groups in total. The molecule has 0 aliphatic carbocycles. The second-order valence-corrected chi connectivity index (χ2v) is 17.8. The van der Waals surface area contributed by atoms with Crippen LogP contribution in [0.5, 0.6) is 0 Å². The number of esters is 1. The quantitative estimate of drug-likeness (QED) is 0.183. The Labute approximate surface area is 259 Å². The van der Waals surface area contributed by atoms with E-state index in [1.807, 2.05) is 18.2 Å². The Morgan fingerprint density at radius 2 is 1.58 bits per heavy atom. The predicted octanol–water partition coefficient (Wildman–Crippen LogP) is 5.94. The lowest BCUT2D eigenvalue weighted by Gasteiger charge is -2.47. The van der Waals surface area contributed by atoms with Crippen LogP contribution in [0.15, 0.2) is 73.3 Å². The second kappa shape index (κ2) is 15.1. The molecule has 6 nitrogen and oxygen atoms in total. The summed E-state index contributed by atoms with van der Waals surface area (Å²) in [5.74, 6) is 0.0920. The van der Waals surface area contributed by atoms with Gasteiger partial charge in [0.2, 0.25) is 0 Å². The number of hydrogen-bond donors (Lipinski definition) is 1. The molecule has 0 radical (unpaired) electrons. The van der Waals surface area contributed by atoms with E-state index in [1.54, 1.807) is 0 Å². The van der Waals surface area contributed by atoms with Gasteiger partial charge in [0.1, 0.15) is 0 Å². The molecule has 2 aliphatic rings. The number of aliphatic hydroxyl groups excluding tert-OH is 1. The van der Waals surface area contributed by atoms with Gasteiger partial charge in [0.15, 0.2) is 0 Å². The van der Waals surface area contributed by atoms with Gasteiger partial charge >= 0.3 is 5.97 Å². The number of aliphatic hydroxyl groups is 1. The van der Waals surface area contributed by atoms with E-state index in [4.69, 9.17) is 18.6 Å². The summed E-state index contributed by atoms with van der Waals surface area (Å²) in [5, 5.41) is 13.6. The van der Waals surface area contributed by atoms with Crippen molar-refractivity contribution in [1.29, 1.82) is 0 Å². The van der Waals surface area contributed by atoms with E-state index in [-0.39, 0.29) is 47.9 Å². The first-order valence-corrected chi connectivity index (χ1v) is 17.9. The molecule has 0 spiro atoms. The molecule has 0 saturated carbocycles. The van der Waals surface area contributed by atoms with Gasteiger partial charge in [0.25, 0.3) is 8.32 Å². The smallest absolute Gasteiger partial charge is 0.308 e. The predicted molar refractivity (Wildman–Crippen MR) is 174 cm³/mol. The number of rotatable bonds is 12. The third-order valence-electron chi connectivity index (χ3n) is 9.23. The van der Waals surface area contributed by atoms with Gasteiger partial charge in [-0.25, -0.2) is 0 Å². The molecule has 2 heterocycles. The Hall–Kier alpha value is -2.29. The third kappa shape index (κ3) is 8.46. The van der Waals surface area contributed by atoms with Crippen molar-refractivity contribution in [2.24, 2.45) is 5.92 Å². The highest BCUT2D eigenvalue weighted by atomic mass is 28.4. The Balaban J connectivity index is 1.58. The Morgan fingerprint density at radius 1 is 0.977 bits per heavy atom. The lowest BCUT2D eigenvalue weighted by molar-refractivity contribution is -0.152. The Morgan fingerprint density at radius 3 is 2.14 bits per heavy atom. The average molecular weight is 609 g/mol. The second-order valence-electron chi connectivity index (χ2n) is 13.5. The summed E-state index contributed by atoms with van der Waals surface area (Å²) in [5.41, 5.74) is 0. The molecule has 4 rings (SSSR count). The fraction of sp³-hybridized carbons (Fsp3) is 0.583. The van der Waals surface area contributed by atoms with Crippen molar-refractivity contribution in [2.45, 2.75) is 121 Å². The molecule has 0 bridgehead atoms. The van der Waals surface area contributed by atoms with Gasteiger partial charge in [-0.1, -0.05) is 94.4 Å². The number of hydrogen-bond acceptors (Lipinski definition) is 6. The first kappa shape index (κ1) is 33.6. The molecule has 0 amide bonds. The molecule has 2 fully saturated rings. The number of ether oxygens (including phenoxy) is 3. The summed E-state index contributed by atoms with van der Waals surface area (Å²) in [6, 6.07) is 21.2. The summed E-state index contributed by atoms with van der Waals surface area (Å²) in [4.78, 5) is 12.4. The maximum Gasteiger partial charge on any atom is 0.308 e. The van der Waals surface area contributed by atoms with Gasteiger partial charge in [0.05, 0.1) is 50.2 Å². The monoisotopic (exact) mass is 608 g/mol.